The summed E-state index contributed by atoms with van der Waals surface area (Å²) in [5.41, 5.74) is 6.97. The fourth-order valence-corrected chi connectivity index (χ4v) is 1.45. The Bertz CT molecular complexity index is 459. The minimum absolute atomic E-state index is 0.171. The van der Waals surface area contributed by atoms with E-state index in [-0.39, 0.29) is 6.54 Å². The highest BCUT2D eigenvalue weighted by Gasteiger charge is 2.20. The number of hydrogen-bond acceptors (Lipinski definition) is 4. The first-order valence-electron chi connectivity index (χ1n) is 5.35. The number of hydrogen-bond donors (Lipinski definition) is 3. The van der Waals surface area contributed by atoms with E-state index in [4.69, 9.17) is 15.6 Å². The molecule has 18 heavy (non-hydrogen) atoms. The molecule has 4 N–H and O–H groups in total. The van der Waals surface area contributed by atoms with Gasteiger partial charge in [-0.05, 0) is 13.0 Å². The number of ether oxygens (including phenoxy) is 1. The van der Waals surface area contributed by atoms with Crippen molar-refractivity contribution in [3.05, 3.63) is 29.3 Å². The number of carbonyl (C=O) groups is 2. The van der Waals surface area contributed by atoms with E-state index in [2.05, 4.69) is 5.32 Å². The molecule has 6 nitrogen and oxygen atoms in total. The molecule has 0 spiro atoms. The van der Waals surface area contributed by atoms with Crippen LogP contribution in [0.5, 0.6) is 5.75 Å². The summed E-state index contributed by atoms with van der Waals surface area (Å²) in [5.74, 6) is -1.46. The van der Waals surface area contributed by atoms with Gasteiger partial charge in [-0.1, -0.05) is 17.7 Å². The largest absolute Gasteiger partial charge is 0.496 e. The molecule has 1 unspecified atom stereocenters. The molecule has 1 atom stereocenters. The number of aliphatic carboxylic acids is 1. The van der Waals surface area contributed by atoms with E-state index in [1.165, 1.54) is 7.11 Å². The van der Waals surface area contributed by atoms with Crippen LogP contribution in [0.15, 0.2) is 18.2 Å². The number of nitrogens with two attached hydrogens (primary N) is 1. The van der Waals surface area contributed by atoms with Crippen LogP contribution in [0.2, 0.25) is 0 Å². The minimum atomic E-state index is -1.55. The summed E-state index contributed by atoms with van der Waals surface area (Å²) in [6, 6.07) is 3.97. The highest BCUT2D eigenvalue weighted by Crippen LogP contribution is 2.19. The molecule has 1 aromatic carbocycles. The second-order valence-electron chi connectivity index (χ2n) is 3.85. The van der Waals surface area contributed by atoms with E-state index in [0.717, 1.165) is 11.1 Å². The topological polar surface area (TPSA) is 102 Å². The molecule has 98 valence electrons. The monoisotopic (exact) mass is 252 g/mol. The lowest BCUT2D eigenvalue weighted by Gasteiger charge is -2.12. The summed E-state index contributed by atoms with van der Waals surface area (Å²) in [5, 5.41) is 11.0. The highest BCUT2D eigenvalue weighted by molar-refractivity contribution is 6.00. The highest BCUT2D eigenvalue weighted by atomic mass is 16.5. The van der Waals surface area contributed by atoms with Crippen LogP contribution in [0.3, 0.4) is 0 Å². The number of aryl methyl sites for hydroxylation is 1. The van der Waals surface area contributed by atoms with Gasteiger partial charge in [0, 0.05) is 12.1 Å². The minimum Gasteiger partial charge on any atom is -0.496 e. The molecule has 0 radical (unpaired) electrons. The predicted molar refractivity (Wildman–Crippen MR) is 65.2 cm³/mol. The van der Waals surface area contributed by atoms with E-state index in [9.17, 15) is 9.59 Å². The van der Waals surface area contributed by atoms with Crippen LogP contribution in [0.25, 0.3) is 0 Å². The Hall–Kier alpha value is -2.08. The Balaban J connectivity index is 2.71. The normalized spacial score (nSPS) is 11.7. The lowest BCUT2D eigenvalue weighted by molar-refractivity contribution is -0.142. The van der Waals surface area contributed by atoms with Crippen LogP contribution in [-0.4, -0.2) is 30.1 Å². The quantitative estimate of drug-likeness (QED) is 0.642. The molecule has 0 saturated carbocycles. The van der Waals surface area contributed by atoms with Crippen molar-refractivity contribution in [3.63, 3.8) is 0 Å². The van der Waals surface area contributed by atoms with Gasteiger partial charge in [-0.3, -0.25) is 4.79 Å². The number of carboxylic acids is 1. The molecule has 0 saturated heterocycles. The number of carboxylic acid groups (broad SMARTS) is 1. The van der Waals surface area contributed by atoms with E-state index in [0.29, 0.717) is 5.75 Å². The zero-order chi connectivity index (χ0) is 13.7. The molecule has 0 aliphatic carbocycles. The number of carbonyl (C=O) groups excluding carboxylic acids is 1. The van der Waals surface area contributed by atoms with E-state index in [1.54, 1.807) is 6.07 Å². The summed E-state index contributed by atoms with van der Waals surface area (Å²) < 4.78 is 5.14. The maximum absolute atomic E-state index is 11.4. The molecular formula is C12H16N2O4. The Morgan fingerprint density at radius 1 is 1.50 bits per heavy atom. The standard InChI is InChI=1S/C12H16N2O4/c1-7-3-4-9(18-2)8(5-7)6-14-11(15)10(13)12(16)17/h3-5,10H,6,13H2,1-2H3,(H,14,15)(H,16,17). The molecule has 1 rings (SSSR count). The molecule has 0 aromatic heterocycles. The zero-order valence-corrected chi connectivity index (χ0v) is 10.3. The Morgan fingerprint density at radius 3 is 2.72 bits per heavy atom. The number of benzene rings is 1. The first-order valence-corrected chi connectivity index (χ1v) is 5.35. The number of amides is 1. The van der Waals surface area contributed by atoms with E-state index in [1.807, 2.05) is 19.1 Å². The summed E-state index contributed by atoms with van der Waals surface area (Å²) in [6.07, 6.45) is 0. The van der Waals surface area contributed by atoms with Crippen molar-refractivity contribution in [2.24, 2.45) is 5.73 Å². The first kappa shape index (κ1) is 14.0. The van der Waals surface area contributed by atoms with Gasteiger partial charge in [0.25, 0.3) is 0 Å². The van der Waals surface area contributed by atoms with E-state index < -0.39 is 17.9 Å². The lowest BCUT2D eigenvalue weighted by atomic mass is 10.1. The van der Waals surface area contributed by atoms with Crippen molar-refractivity contribution in [1.29, 1.82) is 0 Å². The van der Waals surface area contributed by atoms with Crippen molar-refractivity contribution in [1.82, 2.24) is 5.32 Å². The van der Waals surface area contributed by atoms with Gasteiger partial charge in [-0.25, -0.2) is 4.79 Å². The summed E-state index contributed by atoms with van der Waals surface area (Å²) in [7, 11) is 1.53. The molecule has 1 amide bonds. The van der Waals surface area contributed by atoms with Crippen LogP contribution < -0.4 is 15.8 Å². The van der Waals surface area contributed by atoms with Gasteiger partial charge in [0.05, 0.1) is 7.11 Å². The average molecular weight is 252 g/mol. The van der Waals surface area contributed by atoms with Crippen molar-refractivity contribution < 1.29 is 19.4 Å². The summed E-state index contributed by atoms with van der Waals surface area (Å²) in [6.45, 7) is 2.08. The van der Waals surface area contributed by atoms with Gasteiger partial charge in [0.2, 0.25) is 5.91 Å². The average Bonchev–Trinajstić information content (AvgIpc) is 2.35. The Labute approximate surface area is 105 Å². The molecule has 0 bridgehead atoms. The van der Waals surface area contributed by atoms with Gasteiger partial charge < -0.3 is 20.9 Å². The number of methoxy groups -OCH3 is 1. The van der Waals surface area contributed by atoms with Gasteiger partial charge in [0.1, 0.15) is 5.75 Å². The predicted octanol–water partition coefficient (Wildman–Crippen LogP) is 0.0317. The van der Waals surface area contributed by atoms with Crippen molar-refractivity contribution >= 4 is 11.9 Å². The maximum atomic E-state index is 11.4. The van der Waals surface area contributed by atoms with Crippen molar-refractivity contribution in [3.8, 4) is 5.75 Å². The Kier molecular flexibility index (Phi) is 4.67. The fraction of sp³-hybridized carbons (Fsp3) is 0.333. The molecule has 0 fully saturated rings. The third-order valence-corrected chi connectivity index (χ3v) is 2.44. The third kappa shape index (κ3) is 3.46. The van der Waals surface area contributed by atoms with Gasteiger partial charge in [-0.2, -0.15) is 0 Å². The smallest absolute Gasteiger partial charge is 0.330 e. The molecule has 6 heteroatoms. The van der Waals surface area contributed by atoms with Gasteiger partial charge in [0.15, 0.2) is 6.04 Å². The van der Waals surface area contributed by atoms with Crippen LogP contribution >= 0.6 is 0 Å². The second-order valence-corrected chi connectivity index (χ2v) is 3.85. The molecular weight excluding hydrogens is 236 g/mol. The van der Waals surface area contributed by atoms with Crippen LogP contribution in [-0.2, 0) is 16.1 Å². The van der Waals surface area contributed by atoms with Crippen LogP contribution in [0.1, 0.15) is 11.1 Å². The zero-order valence-electron chi connectivity index (χ0n) is 10.3. The third-order valence-electron chi connectivity index (χ3n) is 2.44. The number of nitrogens with one attached hydrogen (secondary N) is 1. The molecule has 0 heterocycles. The first-order chi connectivity index (χ1) is 8.45. The van der Waals surface area contributed by atoms with Crippen molar-refractivity contribution in [2.45, 2.75) is 19.5 Å². The van der Waals surface area contributed by atoms with Crippen molar-refractivity contribution in [2.75, 3.05) is 7.11 Å². The van der Waals surface area contributed by atoms with Gasteiger partial charge >= 0.3 is 5.97 Å². The lowest BCUT2D eigenvalue weighted by Crippen LogP contribution is -2.45. The van der Waals surface area contributed by atoms with Crippen LogP contribution in [0, 0.1) is 6.92 Å². The molecule has 0 aliphatic rings. The molecule has 0 aliphatic heterocycles. The van der Waals surface area contributed by atoms with E-state index >= 15 is 0 Å². The SMILES string of the molecule is COc1ccc(C)cc1CNC(=O)C(N)C(=O)O. The van der Waals surface area contributed by atoms with Gasteiger partial charge in [-0.15, -0.1) is 0 Å². The molecule has 1 aromatic rings. The van der Waals surface area contributed by atoms with Crippen LogP contribution in [0.4, 0.5) is 0 Å². The summed E-state index contributed by atoms with van der Waals surface area (Å²) >= 11 is 0. The second kappa shape index (κ2) is 6.02. The Morgan fingerprint density at radius 2 is 2.17 bits per heavy atom. The number of rotatable bonds is 5. The summed E-state index contributed by atoms with van der Waals surface area (Å²) in [4.78, 5) is 21.9. The maximum Gasteiger partial charge on any atom is 0.330 e. The fourth-order valence-electron chi connectivity index (χ4n) is 1.45.